The van der Waals surface area contributed by atoms with Gasteiger partial charge >= 0.3 is 0 Å². The number of hydrogen-bond acceptors (Lipinski definition) is 2. The number of rotatable bonds is 5. The van der Waals surface area contributed by atoms with E-state index in [1.54, 1.807) is 0 Å². The molecule has 1 aliphatic rings. The first-order chi connectivity index (χ1) is 7.43. The van der Waals surface area contributed by atoms with Crippen molar-refractivity contribution < 1.29 is 4.74 Å². The van der Waals surface area contributed by atoms with E-state index in [4.69, 9.17) is 10.5 Å². The van der Waals surface area contributed by atoms with E-state index >= 15 is 0 Å². The maximum absolute atomic E-state index is 6.14. The molecule has 0 radical (unpaired) electrons. The molecule has 0 amide bonds. The van der Waals surface area contributed by atoms with Gasteiger partial charge in [-0.25, -0.2) is 0 Å². The molecule has 3 unspecified atom stereocenters. The summed E-state index contributed by atoms with van der Waals surface area (Å²) in [5.74, 6) is 0.801. The lowest BCUT2D eigenvalue weighted by Crippen LogP contribution is -2.34. The smallest absolute Gasteiger partial charge is 0.0586 e. The molecular formula is C14H29NO. The van der Waals surface area contributed by atoms with E-state index in [1.165, 1.54) is 19.3 Å². The third kappa shape index (κ3) is 4.84. The van der Waals surface area contributed by atoms with Gasteiger partial charge < -0.3 is 10.5 Å². The molecule has 0 aliphatic heterocycles. The fourth-order valence-corrected chi connectivity index (χ4v) is 3.16. The van der Waals surface area contributed by atoms with E-state index in [9.17, 15) is 0 Å². The summed E-state index contributed by atoms with van der Waals surface area (Å²) in [7, 11) is 0. The van der Waals surface area contributed by atoms with Crippen molar-refractivity contribution in [3.8, 4) is 0 Å². The summed E-state index contributed by atoms with van der Waals surface area (Å²) < 4.78 is 6.14. The van der Waals surface area contributed by atoms with Crippen LogP contribution in [-0.4, -0.2) is 18.8 Å². The Morgan fingerprint density at radius 3 is 2.62 bits per heavy atom. The summed E-state index contributed by atoms with van der Waals surface area (Å²) in [6, 6.07) is 0. The Morgan fingerprint density at radius 2 is 2.06 bits per heavy atom. The van der Waals surface area contributed by atoms with Crippen molar-refractivity contribution in [3.63, 3.8) is 0 Å². The lowest BCUT2D eigenvalue weighted by Gasteiger charge is -2.39. The first-order valence-corrected chi connectivity index (χ1v) is 6.78. The molecule has 96 valence electrons. The lowest BCUT2D eigenvalue weighted by atomic mass is 9.71. The molecule has 0 heterocycles. The van der Waals surface area contributed by atoms with Crippen molar-refractivity contribution in [2.24, 2.45) is 17.1 Å². The zero-order valence-electron chi connectivity index (χ0n) is 11.5. The van der Waals surface area contributed by atoms with Gasteiger partial charge in [0.25, 0.3) is 0 Å². The zero-order chi connectivity index (χ0) is 12.2. The van der Waals surface area contributed by atoms with Crippen LogP contribution in [0.15, 0.2) is 0 Å². The number of nitrogens with two attached hydrogens (primary N) is 1. The summed E-state index contributed by atoms with van der Waals surface area (Å²) in [5, 5.41) is 0. The molecule has 1 rings (SSSR count). The van der Waals surface area contributed by atoms with Crippen molar-refractivity contribution in [2.45, 2.75) is 72.0 Å². The molecule has 0 spiro atoms. The van der Waals surface area contributed by atoms with Gasteiger partial charge in [-0.1, -0.05) is 20.8 Å². The predicted octanol–water partition coefficient (Wildman–Crippen LogP) is 3.35. The van der Waals surface area contributed by atoms with E-state index in [1.807, 2.05) is 0 Å². The highest BCUT2D eigenvalue weighted by molar-refractivity contribution is 4.83. The van der Waals surface area contributed by atoms with Gasteiger partial charge in [-0.2, -0.15) is 0 Å². The molecule has 1 aliphatic carbocycles. The van der Waals surface area contributed by atoms with Crippen molar-refractivity contribution in [3.05, 3.63) is 0 Å². The van der Waals surface area contributed by atoms with Crippen molar-refractivity contribution in [2.75, 3.05) is 6.54 Å². The Labute approximate surface area is 101 Å². The van der Waals surface area contributed by atoms with Gasteiger partial charge in [0.1, 0.15) is 0 Å². The molecule has 2 heteroatoms. The second kappa shape index (κ2) is 6.02. The quantitative estimate of drug-likeness (QED) is 0.781. The van der Waals surface area contributed by atoms with Gasteiger partial charge in [-0.3, -0.25) is 0 Å². The minimum Gasteiger partial charge on any atom is -0.375 e. The summed E-state index contributed by atoms with van der Waals surface area (Å²) in [6.07, 6.45) is 6.79. The standard InChI is InChI=1S/C14H29NO/c1-11-8-13(10-14(3,4)9-11)16-12(2)6-5-7-15/h11-13H,5-10,15H2,1-4H3. The Morgan fingerprint density at radius 1 is 1.38 bits per heavy atom. The Balaban J connectivity index is 2.35. The van der Waals surface area contributed by atoms with Crippen LogP contribution in [0.4, 0.5) is 0 Å². The van der Waals surface area contributed by atoms with Crippen molar-refractivity contribution in [1.82, 2.24) is 0 Å². The van der Waals surface area contributed by atoms with E-state index in [-0.39, 0.29) is 0 Å². The van der Waals surface area contributed by atoms with Crippen LogP contribution in [-0.2, 0) is 4.74 Å². The average Bonchev–Trinajstić information content (AvgIpc) is 2.11. The first kappa shape index (κ1) is 14.0. The highest BCUT2D eigenvalue weighted by Gasteiger charge is 2.33. The second-order valence-electron chi connectivity index (χ2n) is 6.41. The summed E-state index contributed by atoms with van der Waals surface area (Å²) in [5.41, 5.74) is 5.97. The molecule has 1 fully saturated rings. The molecule has 0 aromatic carbocycles. The average molecular weight is 227 g/mol. The van der Waals surface area contributed by atoms with Crippen molar-refractivity contribution >= 4 is 0 Å². The largest absolute Gasteiger partial charge is 0.375 e. The van der Waals surface area contributed by atoms with Crippen LogP contribution < -0.4 is 5.73 Å². The van der Waals surface area contributed by atoms with Crippen LogP contribution in [0.5, 0.6) is 0 Å². The van der Waals surface area contributed by atoms with E-state index in [2.05, 4.69) is 27.7 Å². The number of ether oxygens (including phenoxy) is 1. The van der Waals surface area contributed by atoms with Gasteiger partial charge in [0, 0.05) is 0 Å². The SMILES string of the molecule is CC1CC(OC(C)CCCN)CC(C)(C)C1. The minimum absolute atomic E-state index is 0.370. The number of hydrogen-bond donors (Lipinski definition) is 1. The normalized spacial score (nSPS) is 31.3. The Kier molecular flexibility index (Phi) is 5.26. The Bertz CT molecular complexity index is 203. The molecule has 0 saturated heterocycles. The third-order valence-corrected chi connectivity index (χ3v) is 3.59. The van der Waals surface area contributed by atoms with Crippen LogP contribution in [0.25, 0.3) is 0 Å². The second-order valence-corrected chi connectivity index (χ2v) is 6.41. The fourth-order valence-electron chi connectivity index (χ4n) is 3.16. The molecule has 2 nitrogen and oxygen atoms in total. The van der Waals surface area contributed by atoms with Gasteiger partial charge in [0.15, 0.2) is 0 Å². The fraction of sp³-hybridized carbons (Fsp3) is 1.00. The maximum Gasteiger partial charge on any atom is 0.0586 e. The van der Waals surface area contributed by atoms with Gasteiger partial charge in [-0.05, 0) is 56.9 Å². The van der Waals surface area contributed by atoms with Crippen LogP contribution in [0.3, 0.4) is 0 Å². The van der Waals surface area contributed by atoms with E-state index in [0.29, 0.717) is 17.6 Å². The molecule has 1 saturated carbocycles. The van der Waals surface area contributed by atoms with Crippen molar-refractivity contribution in [1.29, 1.82) is 0 Å². The summed E-state index contributed by atoms with van der Waals surface area (Å²) >= 11 is 0. The highest BCUT2D eigenvalue weighted by atomic mass is 16.5. The summed E-state index contributed by atoms with van der Waals surface area (Å²) in [6.45, 7) is 10.0. The van der Waals surface area contributed by atoms with Crippen LogP contribution in [0.2, 0.25) is 0 Å². The van der Waals surface area contributed by atoms with Crippen LogP contribution >= 0.6 is 0 Å². The monoisotopic (exact) mass is 227 g/mol. The molecule has 16 heavy (non-hydrogen) atoms. The van der Waals surface area contributed by atoms with Crippen LogP contribution in [0, 0.1) is 11.3 Å². The highest BCUT2D eigenvalue weighted by Crippen LogP contribution is 2.40. The first-order valence-electron chi connectivity index (χ1n) is 6.78. The summed E-state index contributed by atoms with van der Waals surface area (Å²) in [4.78, 5) is 0. The topological polar surface area (TPSA) is 35.2 Å². The molecule has 3 atom stereocenters. The molecular weight excluding hydrogens is 198 g/mol. The van der Waals surface area contributed by atoms with Gasteiger partial charge in [0.05, 0.1) is 12.2 Å². The predicted molar refractivity (Wildman–Crippen MR) is 69.4 cm³/mol. The maximum atomic E-state index is 6.14. The van der Waals surface area contributed by atoms with E-state index in [0.717, 1.165) is 25.3 Å². The zero-order valence-corrected chi connectivity index (χ0v) is 11.5. The third-order valence-electron chi connectivity index (χ3n) is 3.59. The van der Waals surface area contributed by atoms with Crippen LogP contribution in [0.1, 0.15) is 59.8 Å². The molecule has 2 N–H and O–H groups in total. The molecule has 0 bridgehead atoms. The molecule has 0 aromatic rings. The van der Waals surface area contributed by atoms with E-state index < -0.39 is 0 Å². The molecule has 0 aromatic heterocycles. The van der Waals surface area contributed by atoms with Gasteiger partial charge in [0.2, 0.25) is 0 Å². The minimum atomic E-state index is 0.370. The lowest BCUT2D eigenvalue weighted by molar-refractivity contribution is -0.0612. The van der Waals surface area contributed by atoms with Gasteiger partial charge in [-0.15, -0.1) is 0 Å². The Hall–Kier alpha value is -0.0800.